The van der Waals surface area contributed by atoms with Crippen LogP contribution >= 0.6 is 0 Å². The minimum absolute atomic E-state index is 0.0418. The molecule has 9 heteroatoms. The van der Waals surface area contributed by atoms with Gasteiger partial charge in [-0.05, 0) is 61.4 Å². The molecule has 1 aromatic heterocycles. The highest BCUT2D eigenvalue weighted by molar-refractivity contribution is 7.89. The maximum Gasteiger partial charge on any atom is 0.243 e. The molecule has 0 spiro atoms. The highest BCUT2D eigenvalue weighted by atomic mass is 32.2. The van der Waals surface area contributed by atoms with E-state index >= 15 is 0 Å². The number of ether oxygens (including phenoxy) is 2. The van der Waals surface area contributed by atoms with Crippen LogP contribution in [-0.4, -0.2) is 43.6 Å². The number of rotatable bonds is 9. The van der Waals surface area contributed by atoms with E-state index in [1.807, 2.05) is 38.1 Å². The summed E-state index contributed by atoms with van der Waals surface area (Å²) in [5.74, 6) is 2.00. The number of benzene rings is 2. The van der Waals surface area contributed by atoms with Gasteiger partial charge in [-0.1, -0.05) is 12.1 Å². The van der Waals surface area contributed by atoms with Crippen molar-refractivity contribution in [2.24, 2.45) is 0 Å². The van der Waals surface area contributed by atoms with Gasteiger partial charge in [-0.3, -0.25) is 0 Å². The van der Waals surface area contributed by atoms with Gasteiger partial charge >= 0.3 is 0 Å². The van der Waals surface area contributed by atoms with E-state index in [2.05, 4.69) is 10.1 Å². The van der Waals surface area contributed by atoms with Crippen LogP contribution in [0.4, 0.5) is 0 Å². The first-order chi connectivity index (χ1) is 14.4. The van der Waals surface area contributed by atoms with Crippen LogP contribution in [0, 0.1) is 0 Å². The Morgan fingerprint density at radius 1 is 1.10 bits per heavy atom. The maximum atomic E-state index is 13.0. The second kappa shape index (κ2) is 9.27. The van der Waals surface area contributed by atoms with Crippen LogP contribution in [0.1, 0.15) is 25.3 Å². The molecule has 0 amide bonds. The molecule has 2 aromatic carbocycles. The van der Waals surface area contributed by atoms with Crippen LogP contribution in [0.3, 0.4) is 0 Å². The summed E-state index contributed by atoms with van der Waals surface area (Å²) in [5, 5.41) is 3.96. The number of aromatic nitrogens is 2. The van der Waals surface area contributed by atoms with E-state index in [-0.39, 0.29) is 17.3 Å². The van der Waals surface area contributed by atoms with Gasteiger partial charge in [0.15, 0.2) is 0 Å². The first-order valence-corrected chi connectivity index (χ1v) is 11.0. The molecule has 3 aromatic rings. The summed E-state index contributed by atoms with van der Waals surface area (Å²) in [7, 11) is -0.689. The van der Waals surface area contributed by atoms with Crippen molar-refractivity contribution in [2.75, 3.05) is 20.8 Å². The molecular weight excluding hydrogens is 406 g/mol. The lowest BCUT2D eigenvalue weighted by Crippen LogP contribution is -2.26. The quantitative estimate of drug-likeness (QED) is 0.511. The van der Waals surface area contributed by atoms with Crippen molar-refractivity contribution in [2.45, 2.75) is 31.7 Å². The smallest absolute Gasteiger partial charge is 0.243 e. The molecule has 0 aliphatic heterocycles. The fourth-order valence-corrected chi connectivity index (χ4v) is 4.12. The summed E-state index contributed by atoms with van der Waals surface area (Å²) in [6.45, 7) is 4.40. The molecule has 1 heterocycles. The van der Waals surface area contributed by atoms with Crippen molar-refractivity contribution in [3.8, 4) is 22.9 Å². The normalized spacial score (nSPS) is 11.6. The topological polar surface area (TPSA) is 94.8 Å². The molecule has 0 bridgehead atoms. The highest BCUT2D eigenvalue weighted by Gasteiger charge is 2.24. The maximum absolute atomic E-state index is 13.0. The Kier molecular flexibility index (Phi) is 6.73. The number of sulfonamides is 1. The molecule has 0 fully saturated rings. The minimum atomic E-state index is -3.73. The minimum Gasteiger partial charge on any atom is -0.496 e. The van der Waals surface area contributed by atoms with E-state index < -0.39 is 10.0 Å². The molecule has 30 heavy (non-hydrogen) atoms. The van der Waals surface area contributed by atoms with E-state index in [1.165, 1.54) is 17.4 Å². The van der Waals surface area contributed by atoms with Gasteiger partial charge in [0.2, 0.25) is 21.7 Å². The predicted molar refractivity (Wildman–Crippen MR) is 112 cm³/mol. The number of hydrogen-bond acceptors (Lipinski definition) is 7. The van der Waals surface area contributed by atoms with E-state index in [4.69, 9.17) is 14.0 Å². The van der Waals surface area contributed by atoms with Crippen molar-refractivity contribution in [1.29, 1.82) is 0 Å². The number of hydrogen-bond donors (Lipinski definition) is 0. The second-order valence-electron chi connectivity index (χ2n) is 6.56. The zero-order valence-corrected chi connectivity index (χ0v) is 18.3. The summed E-state index contributed by atoms with van der Waals surface area (Å²) >= 11 is 0. The van der Waals surface area contributed by atoms with Gasteiger partial charge in [-0.2, -0.15) is 9.29 Å². The summed E-state index contributed by atoms with van der Waals surface area (Å²) in [6.07, 6.45) is 0.658. The van der Waals surface area contributed by atoms with Crippen LogP contribution in [0.5, 0.6) is 11.5 Å². The zero-order valence-electron chi connectivity index (χ0n) is 17.5. The van der Waals surface area contributed by atoms with Crippen molar-refractivity contribution in [3.63, 3.8) is 0 Å². The first kappa shape index (κ1) is 21.8. The lowest BCUT2D eigenvalue weighted by atomic mass is 10.1. The van der Waals surface area contributed by atoms with Gasteiger partial charge < -0.3 is 14.0 Å². The molecule has 160 valence electrons. The fourth-order valence-electron chi connectivity index (χ4n) is 2.95. The number of nitrogens with zero attached hydrogens (tertiary/aromatic N) is 3. The van der Waals surface area contributed by atoms with Crippen molar-refractivity contribution >= 4 is 10.0 Å². The monoisotopic (exact) mass is 431 g/mol. The lowest BCUT2D eigenvalue weighted by molar-refractivity contribution is 0.336. The third kappa shape index (κ3) is 4.63. The zero-order chi connectivity index (χ0) is 21.7. The average molecular weight is 432 g/mol. The van der Waals surface area contributed by atoms with E-state index in [9.17, 15) is 8.42 Å². The molecule has 0 unspecified atom stereocenters. The molecule has 0 radical (unpaired) electrons. The third-order valence-electron chi connectivity index (χ3n) is 4.59. The number of methoxy groups -OCH3 is 1. The largest absolute Gasteiger partial charge is 0.496 e. The summed E-state index contributed by atoms with van der Waals surface area (Å²) < 4.78 is 43.1. The fraction of sp³-hybridized carbons (Fsp3) is 0.333. The van der Waals surface area contributed by atoms with E-state index in [0.29, 0.717) is 24.6 Å². The molecule has 0 aliphatic carbocycles. The van der Waals surface area contributed by atoms with Crippen LogP contribution in [0.25, 0.3) is 11.4 Å². The number of aryl methyl sites for hydroxylation is 1. The Balaban J connectivity index is 1.76. The third-order valence-corrected chi connectivity index (χ3v) is 6.39. The molecule has 0 aliphatic rings. The Bertz CT molecular complexity index is 1090. The summed E-state index contributed by atoms with van der Waals surface area (Å²) in [4.78, 5) is 4.51. The van der Waals surface area contributed by atoms with Crippen LogP contribution in [0.15, 0.2) is 51.9 Å². The average Bonchev–Trinajstić information content (AvgIpc) is 3.22. The summed E-state index contributed by atoms with van der Waals surface area (Å²) in [5.41, 5.74) is 1.57. The van der Waals surface area contributed by atoms with Gasteiger partial charge in [0.05, 0.1) is 25.2 Å². The SMILES string of the molecule is CCOc1ccc(-c2noc(CN(C)S(=O)(=O)c3ccc(OC)c(CC)c3)n2)cc1. The Labute approximate surface area is 176 Å². The molecule has 0 saturated heterocycles. The molecule has 0 N–H and O–H groups in total. The first-order valence-electron chi connectivity index (χ1n) is 9.58. The van der Waals surface area contributed by atoms with Gasteiger partial charge in [-0.15, -0.1) is 0 Å². The van der Waals surface area contributed by atoms with Gasteiger partial charge in [0, 0.05) is 12.6 Å². The van der Waals surface area contributed by atoms with Crippen LogP contribution in [0.2, 0.25) is 0 Å². The van der Waals surface area contributed by atoms with Crippen LogP contribution in [-0.2, 0) is 23.0 Å². The van der Waals surface area contributed by atoms with Gasteiger partial charge in [-0.25, -0.2) is 8.42 Å². The molecule has 3 rings (SSSR count). The van der Waals surface area contributed by atoms with Crippen molar-refractivity contribution < 1.29 is 22.4 Å². The summed E-state index contributed by atoms with van der Waals surface area (Å²) in [6, 6.07) is 12.1. The van der Waals surface area contributed by atoms with Crippen molar-refractivity contribution in [3.05, 3.63) is 53.9 Å². The second-order valence-corrected chi connectivity index (χ2v) is 8.60. The predicted octanol–water partition coefficient (Wildman–Crippen LogP) is 3.53. The van der Waals surface area contributed by atoms with Gasteiger partial charge in [0.1, 0.15) is 11.5 Å². The Hall–Kier alpha value is -2.91. The van der Waals surface area contributed by atoms with E-state index in [1.54, 1.807) is 19.2 Å². The standard InChI is InChI=1S/C21H25N3O5S/c1-5-15-13-18(11-12-19(15)27-4)30(25,26)24(3)14-20-22-21(23-29-20)16-7-9-17(10-8-16)28-6-2/h7-13H,5-6,14H2,1-4H3. The van der Waals surface area contributed by atoms with Gasteiger partial charge in [0.25, 0.3) is 0 Å². The molecule has 0 atom stereocenters. The lowest BCUT2D eigenvalue weighted by Gasteiger charge is -2.16. The highest BCUT2D eigenvalue weighted by Crippen LogP contribution is 2.26. The van der Waals surface area contributed by atoms with Crippen molar-refractivity contribution in [1.82, 2.24) is 14.4 Å². The van der Waals surface area contributed by atoms with Crippen LogP contribution < -0.4 is 9.47 Å². The molecule has 8 nitrogen and oxygen atoms in total. The Morgan fingerprint density at radius 3 is 2.47 bits per heavy atom. The van der Waals surface area contributed by atoms with E-state index in [0.717, 1.165) is 16.9 Å². The Morgan fingerprint density at radius 2 is 1.83 bits per heavy atom. The molecular formula is C21H25N3O5S. The molecule has 0 saturated carbocycles.